The summed E-state index contributed by atoms with van der Waals surface area (Å²) in [6.07, 6.45) is -3.53. The molecule has 0 fully saturated rings. The van der Waals surface area contributed by atoms with E-state index in [2.05, 4.69) is 22.8 Å². The van der Waals surface area contributed by atoms with Crippen molar-refractivity contribution in [1.82, 2.24) is 0 Å². The van der Waals surface area contributed by atoms with E-state index in [-0.39, 0.29) is 11.9 Å². The van der Waals surface area contributed by atoms with E-state index >= 15 is 0 Å². The van der Waals surface area contributed by atoms with Gasteiger partial charge in [-0.15, -0.1) is 0 Å². The van der Waals surface area contributed by atoms with E-state index in [1.807, 2.05) is 18.2 Å². The monoisotopic (exact) mass is 395 g/mol. The van der Waals surface area contributed by atoms with Crippen LogP contribution in [0.4, 0.5) is 23.2 Å². The summed E-state index contributed by atoms with van der Waals surface area (Å²) in [7, 11) is 0. The molecule has 1 aliphatic heterocycles. The highest BCUT2D eigenvalue weighted by Gasteiger charge is 2.30. The molecule has 0 aliphatic carbocycles. The van der Waals surface area contributed by atoms with Crippen molar-refractivity contribution in [3.8, 4) is 11.8 Å². The van der Waals surface area contributed by atoms with Gasteiger partial charge in [-0.3, -0.25) is 0 Å². The number of alkyl halides is 3. The zero-order valence-electron chi connectivity index (χ0n) is 15.4. The van der Waals surface area contributed by atoms with Crippen LogP contribution in [0.15, 0.2) is 72.8 Å². The molecular weight excluding hydrogens is 378 g/mol. The third-order valence-electron chi connectivity index (χ3n) is 5.01. The molecule has 29 heavy (non-hydrogen) atoms. The van der Waals surface area contributed by atoms with E-state index in [9.17, 15) is 17.6 Å². The quantitative estimate of drug-likeness (QED) is 0.361. The van der Waals surface area contributed by atoms with E-state index in [0.29, 0.717) is 5.56 Å². The van der Waals surface area contributed by atoms with Crippen LogP contribution in [0, 0.1) is 17.7 Å². The van der Waals surface area contributed by atoms with E-state index < -0.39 is 11.7 Å². The summed E-state index contributed by atoms with van der Waals surface area (Å²) in [5.41, 5.74) is 2.92. The zero-order valence-corrected chi connectivity index (χ0v) is 15.4. The van der Waals surface area contributed by atoms with Gasteiger partial charge < -0.3 is 4.90 Å². The molecule has 0 saturated heterocycles. The highest BCUT2D eigenvalue weighted by Crippen LogP contribution is 2.34. The molecule has 0 saturated carbocycles. The van der Waals surface area contributed by atoms with Crippen LogP contribution in [0.25, 0.3) is 0 Å². The fourth-order valence-corrected chi connectivity index (χ4v) is 3.53. The lowest BCUT2D eigenvalue weighted by Crippen LogP contribution is -2.34. The van der Waals surface area contributed by atoms with Gasteiger partial charge in [-0.1, -0.05) is 36.1 Å². The Kier molecular flexibility index (Phi) is 5.02. The first-order chi connectivity index (χ1) is 13.9. The molecule has 0 spiro atoms. The fraction of sp³-hybridized carbons (Fsp3) is 0.167. The third kappa shape index (κ3) is 4.12. The molecule has 1 unspecified atom stereocenters. The lowest BCUT2D eigenvalue weighted by Gasteiger charge is -2.36. The molecule has 1 heterocycles. The number of halogens is 4. The number of hydrogen-bond donors (Lipinski definition) is 0. The first-order valence-corrected chi connectivity index (χ1v) is 9.20. The Morgan fingerprint density at radius 3 is 2.24 bits per heavy atom. The third-order valence-corrected chi connectivity index (χ3v) is 5.01. The number of benzene rings is 3. The van der Waals surface area contributed by atoms with E-state index in [4.69, 9.17) is 0 Å². The van der Waals surface area contributed by atoms with Crippen molar-refractivity contribution in [2.45, 2.75) is 18.6 Å². The molecule has 4 rings (SSSR count). The number of fused-ring (bicyclic) bond motifs is 1. The van der Waals surface area contributed by atoms with Crippen molar-refractivity contribution in [2.75, 3.05) is 11.4 Å². The Balaban J connectivity index is 1.70. The largest absolute Gasteiger partial charge is 0.416 e. The lowest BCUT2D eigenvalue weighted by atomic mass is 9.92. The minimum Gasteiger partial charge on any atom is -0.353 e. The summed E-state index contributed by atoms with van der Waals surface area (Å²) in [5, 5.41) is 0. The van der Waals surface area contributed by atoms with E-state index in [0.717, 1.165) is 36.3 Å². The summed E-state index contributed by atoms with van der Waals surface area (Å²) in [6, 6.07) is 18.8. The standard InChI is InChI=1S/C24H17F4N/c25-20-10-12-21(13-11-20)29-16-15-18-3-1-2-4-22(18)23(29)14-7-17-5-8-19(9-6-17)24(26,27)28/h1-6,8-13,23H,15-16H2. The van der Waals surface area contributed by atoms with Gasteiger partial charge in [-0.25, -0.2) is 4.39 Å². The Morgan fingerprint density at radius 1 is 0.862 bits per heavy atom. The topological polar surface area (TPSA) is 3.24 Å². The van der Waals surface area contributed by atoms with Crippen LogP contribution in [0.1, 0.15) is 28.3 Å². The van der Waals surface area contributed by atoms with Gasteiger partial charge >= 0.3 is 6.18 Å². The van der Waals surface area contributed by atoms with Crippen LogP contribution in [-0.4, -0.2) is 6.54 Å². The van der Waals surface area contributed by atoms with Gasteiger partial charge in [0.15, 0.2) is 0 Å². The predicted octanol–water partition coefficient (Wildman–Crippen LogP) is 6.00. The van der Waals surface area contributed by atoms with Crippen LogP contribution in [-0.2, 0) is 12.6 Å². The molecule has 1 atom stereocenters. The smallest absolute Gasteiger partial charge is 0.353 e. The minimum atomic E-state index is -4.37. The molecule has 5 heteroatoms. The van der Waals surface area contributed by atoms with Crippen LogP contribution in [0.2, 0.25) is 0 Å². The van der Waals surface area contributed by atoms with E-state index in [1.54, 1.807) is 12.1 Å². The molecular formula is C24H17F4N. The highest BCUT2D eigenvalue weighted by atomic mass is 19.4. The molecule has 3 aromatic carbocycles. The van der Waals surface area contributed by atoms with Gasteiger partial charge in [0.1, 0.15) is 11.9 Å². The summed E-state index contributed by atoms with van der Waals surface area (Å²) in [5.74, 6) is 5.92. The number of anilines is 1. The molecule has 0 amide bonds. The van der Waals surface area contributed by atoms with Crippen molar-refractivity contribution in [3.63, 3.8) is 0 Å². The first kappa shape index (κ1) is 19.1. The second-order valence-corrected chi connectivity index (χ2v) is 6.87. The van der Waals surface area contributed by atoms with Crippen LogP contribution in [0.5, 0.6) is 0 Å². The second-order valence-electron chi connectivity index (χ2n) is 6.87. The van der Waals surface area contributed by atoms with Crippen LogP contribution in [0.3, 0.4) is 0 Å². The lowest BCUT2D eigenvalue weighted by molar-refractivity contribution is -0.137. The molecule has 1 aliphatic rings. The van der Waals surface area contributed by atoms with Crippen molar-refractivity contribution in [2.24, 2.45) is 0 Å². The van der Waals surface area contributed by atoms with Gasteiger partial charge in [-0.05, 0) is 66.1 Å². The SMILES string of the molecule is Fc1ccc(N2CCc3ccccc3C2C#Cc2ccc(C(F)(F)F)cc2)cc1. The van der Waals surface area contributed by atoms with Crippen molar-refractivity contribution in [3.05, 3.63) is 101 Å². The summed E-state index contributed by atoms with van der Waals surface area (Å²) < 4.78 is 51.6. The van der Waals surface area contributed by atoms with Crippen LogP contribution >= 0.6 is 0 Å². The molecule has 0 N–H and O–H groups in total. The van der Waals surface area contributed by atoms with Crippen molar-refractivity contribution >= 4 is 5.69 Å². The Hall–Kier alpha value is -3.26. The molecule has 0 aromatic heterocycles. The Bertz CT molecular complexity index is 1060. The maximum atomic E-state index is 13.3. The number of nitrogens with zero attached hydrogens (tertiary/aromatic N) is 1. The highest BCUT2D eigenvalue weighted by molar-refractivity contribution is 5.56. The average Bonchev–Trinajstić information content (AvgIpc) is 2.72. The van der Waals surface area contributed by atoms with Gasteiger partial charge in [-0.2, -0.15) is 13.2 Å². The fourth-order valence-electron chi connectivity index (χ4n) is 3.53. The summed E-state index contributed by atoms with van der Waals surface area (Å²) in [6.45, 7) is 0.717. The predicted molar refractivity (Wildman–Crippen MR) is 105 cm³/mol. The molecule has 146 valence electrons. The zero-order chi connectivity index (χ0) is 20.4. The van der Waals surface area contributed by atoms with Crippen molar-refractivity contribution in [1.29, 1.82) is 0 Å². The first-order valence-electron chi connectivity index (χ1n) is 9.20. The molecule has 3 aromatic rings. The average molecular weight is 395 g/mol. The van der Waals surface area contributed by atoms with Gasteiger partial charge in [0.2, 0.25) is 0 Å². The Morgan fingerprint density at radius 2 is 1.55 bits per heavy atom. The number of rotatable bonds is 1. The maximum absolute atomic E-state index is 13.3. The molecule has 0 radical (unpaired) electrons. The Labute approximate surface area is 166 Å². The number of hydrogen-bond acceptors (Lipinski definition) is 1. The van der Waals surface area contributed by atoms with Crippen LogP contribution < -0.4 is 4.90 Å². The minimum absolute atomic E-state index is 0.271. The molecule has 0 bridgehead atoms. The maximum Gasteiger partial charge on any atom is 0.416 e. The van der Waals surface area contributed by atoms with E-state index in [1.165, 1.54) is 29.8 Å². The van der Waals surface area contributed by atoms with Gasteiger partial charge in [0.05, 0.1) is 5.56 Å². The second kappa shape index (κ2) is 7.63. The normalized spacial score (nSPS) is 16.0. The van der Waals surface area contributed by atoms with Gasteiger partial charge in [0.25, 0.3) is 0 Å². The molecule has 1 nitrogen and oxygen atoms in total. The van der Waals surface area contributed by atoms with Gasteiger partial charge in [0, 0.05) is 17.8 Å². The van der Waals surface area contributed by atoms with Crippen molar-refractivity contribution < 1.29 is 17.6 Å². The summed E-state index contributed by atoms with van der Waals surface area (Å²) in [4.78, 5) is 2.10. The summed E-state index contributed by atoms with van der Waals surface area (Å²) >= 11 is 0.